The predicted molar refractivity (Wildman–Crippen MR) is 115 cm³/mol. The molecule has 6 nitrogen and oxygen atoms in total. The lowest BCUT2D eigenvalue weighted by Gasteiger charge is -2.36. The van der Waals surface area contributed by atoms with Gasteiger partial charge in [0.1, 0.15) is 22.9 Å². The Bertz CT molecular complexity index is 903. The van der Waals surface area contributed by atoms with Gasteiger partial charge in [-0.2, -0.15) is 0 Å². The highest BCUT2D eigenvalue weighted by atomic mass is 16.5. The molecule has 3 aromatic rings. The lowest BCUT2D eigenvalue weighted by molar-refractivity contribution is -0.184. The Kier molecular flexibility index (Phi) is 5.88. The zero-order valence-electron chi connectivity index (χ0n) is 17.2. The largest absolute Gasteiger partial charge is 0.497 e. The zero-order valence-corrected chi connectivity index (χ0v) is 17.2. The van der Waals surface area contributed by atoms with Gasteiger partial charge in [0.2, 0.25) is 0 Å². The summed E-state index contributed by atoms with van der Waals surface area (Å²) in [5.41, 5.74) is 2.18. The third-order valence-corrected chi connectivity index (χ3v) is 5.36. The molecule has 2 heterocycles. The average molecular weight is 406 g/mol. The van der Waals surface area contributed by atoms with Gasteiger partial charge in [-0.3, -0.25) is 0 Å². The van der Waals surface area contributed by atoms with Gasteiger partial charge in [-0.15, -0.1) is 0 Å². The van der Waals surface area contributed by atoms with Crippen molar-refractivity contribution in [3.05, 3.63) is 83.6 Å². The van der Waals surface area contributed by atoms with Crippen molar-refractivity contribution in [2.45, 2.75) is 18.7 Å². The minimum atomic E-state index is -0.914. The number of ether oxygens (including phenoxy) is 3. The smallest absolute Gasteiger partial charge is 0.137 e. The van der Waals surface area contributed by atoms with Crippen LogP contribution in [-0.2, 0) is 23.4 Å². The topological polar surface area (TPSA) is 64.1 Å². The standard InChI is InChI=1S/C24H26N2O4/c1-28-21-8-3-18(4-9-21)14-26(15-19-5-10-22(29-2)11-6-19)23-12-7-20(13-25-23)24(27)16-30-17-24/h3-13,27H,14-17H2,1-2H3. The Morgan fingerprint density at radius 3 is 1.77 bits per heavy atom. The number of aromatic nitrogens is 1. The van der Waals surface area contributed by atoms with Gasteiger partial charge in [-0.25, -0.2) is 4.98 Å². The van der Waals surface area contributed by atoms with Crippen molar-refractivity contribution in [2.75, 3.05) is 32.3 Å². The second-order valence-corrected chi connectivity index (χ2v) is 7.48. The molecule has 2 aromatic carbocycles. The van der Waals surface area contributed by atoms with Gasteiger partial charge in [0, 0.05) is 24.8 Å². The van der Waals surface area contributed by atoms with Gasteiger partial charge in [0.15, 0.2) is 0 Å². The van der Waals surface area contributed by atoms with Crippen LogP contribution in [0.1, 0.15) is 16.7 Å². The molecule has 1 aliphatic heterocycles. The molecule has 1 aromatic heterocycles. The van der Waals surface area contributed by atoms with Crippen LogP contribution in [0.4, 0.5) is 5.82 Å². The molecule has 4 rings (SSSR count). The van der Waals surface area contributed by atoms with Crippen molar-refractivity contribution in [3.63, 3.8) is 0 Å². The van der Waals surface area contributed by atoms with Crippen LogP contribution in [0.25, 0.3) is 0 Å². The summed E-state index contributed by atoms with van der Waals surface area (Å²) in [7, 11) is 3.33. The summed E-state index contributed by atoms with van der Waals surface area (Å²) in [5, 5.41) is 10.5. The van der Waals surface area contributed by atoms with Gasteiger partial charge in [0.05, 0.1) is 27.4 Å². The fourth-order valence-electron chi connectivity index (χ4n) is 3.43. The second-order valence-electron chi connectivity index (χ2n) is 7.48. The third-order valence-electron chi connectivity index (χ3n) is 5.36. The van der Waals surface area contributed by atoms with Crippen LogP contribution in [0.3, 0.4) is 0 Å². The minimum absolute atomic E-state index is 0.315. The SMILES string of the molecule is COc1ccc(CN(Cc2ccc(OC)cc2)c2ccc(C3(O)COC3)cn2)cc1. The Balaban J connectivity index is 1.57. The van der Waals surface area contributed by atoms with Crippen LogP contribution in [-0.4, -0.2) is 37.5 Å². The zero-order chi connectivity index (χ0) is 21.0. The highest BCUT2D eigenvalue weighted by Gasteiger charge is 2.38. The van der Waals surface area contributed by atoms with Crippen LogP contribution >= 0.6 is 0 Å². The van der Waals surface area contributed by atoms with Gasteiger partial charge >= 0.3 is 0 Å². The number of hydrogen-bond acceptors (Lipinski definition) is 6. The van der Waals surface area contributed by atoms with E-state index >= 15 is 0 Å². The summed E-state index contributed by atoms with van der Waals surface area (Å²) < 4.78 is 15.7. The fourth-order valence-corrected chi connectivity index (χ4v) is 3.43. The molecule has 1 fully saturated rings. The van der Waals surface area contributed by atoms with E-state index in [4.69, 9.17) is 14.2 Å². The van der Waals surface area contributed by atoms with Gasteiger partial charge in [-0.05, 0) is 41.5 Å². The number of pyridine rings is 1. The van der Waals surface area contributed by atoms with Crippen molar-refractivity contribution in [1.29, 1.82) is 0 Å². The van der Waals surface area contributed by atoms with Gasteiger partial charge in [-0.1, -0.05) is 30.3 Å². The maximum Gasteiger partial charge on any atom is 0.137 e. The second kappa shape index (κ2) is 8.73. The molecule has 6 heteroatoms. The van der Waals surface area contributed by atoms with E-state index in [1.807, 2.05) is 36.4 Å². The van der Waals surface area contributed by atoms with Crippen molar-refractivity contribution in [1.82, 2.24) is 4.98 Å². The van der Waals surface area contributed by atoms with E-state index in [9.17, 15) is 5.11 Å². The van der Waals surface area contributed by atoms with E-state index in [1.165, 1.54) is 0 Å². The highest BCUT2D eigenvalue weighted by Crippen LogP contribution is 2.30. The Labute approximate surface area is 176 Å². The number of rotatable bonds is 8. The normalized spacial score (nSPS) is 14.6. The van der Waals surface area contributed by atoms with Crippen LogP contribution in [0.15, 0.2) is 66.9 Å². The van der Waals surface area contributed by atoms with Gasteiger partial charge < -0.3 is 24.2 Å². The van der Waals surface area contributed by atoms with Crippen molar-refractivity contribution in [3.8, 4) is 11.5 Å². The molecule has 0 spiro atoms. The van der Waals surface area contributed by atoms with E-state index in [1.54, 1.807) is 20.4 Å². The Morgan fingerprint density at radius 2 is 1.40 bits per heavy atom. The summed E-state index contributed by atoms with van der Waals surface area (Å²) >= 11 is 0. The first-order valence-corrected chi connectivity index (χ1v) is 9.87. The van der Waals surface area contributed by atoms with Crippen LogP contribution < -0.4 is 14.4 Å². The monoisotopic (exact) mass is 406 g/mol. The molecule has 1 aliphatic rings. The quantitative estimate of drug-likeness (QED) is 0.618. The summed E-state index contributed by atoms with van der Waals surface area (Å²) in [4.78, 5) is 6.85. The Hall–Kier alpha value is -3.09. The number of hydrogen-bond donors (Lipinski definition) is 1. The maximum absolute atomic E-state index is 10.5. The van der Waals surface area contributed by atoms with Gasteiger partial charge in [0.25, 0.3) is 0 Å². The molecule has 156 valence electrons. The summed E-state index contributed by atoms with van der Waals surface area (Å²) in [5.74, 6) is 2.51. The van der Waals surface area contributed by atoms with Crippen molar-refractivity contribution >= 4 is 5.82 Å². The molecule has 30 heavy (non-hydrogen) atoms. The lowest BCUT2D eigenvalue weighted by Crippen LogP contribution is -2.46. The molecule has 0 unspecified atom stereocenters. The molecule has 0 radical (unpaired) electrons. The number of methoxy groups -OCH3 is 2. The van der Waals surface area contributed by atoms with E-state index in [-0.39, 0.29) is 0 Å². The molecule has 0 atom stereocenters. The summed E-state index contributed by atoms with van der Waals surface area (Å²) in [6.45, 7) is 2.01. The maximum atomic E-state index is 10.5. The molecular weight excluding hydrogens is 380 g/mol. The number of nitrogens with zero attached hydrogens (tertiary/aromatic N) is 2. The first-order valence-electron chi connectivity index (χ1n) is 9.87. The number of aliphatic hydroxyl groups is 1. The molecule has 1 saturated heterocycles. The summed E-state index contributed by atoms with van der Waals surface area (Å²) in [6.07, 6.45) is 1.74. The molecule has 0 amide bonds. The molecule has 0 saturated carbocycles. The number of benzene rings is 2. The first-order chi connectivity index (χ1) is 14.6. The molecule has 0 aliphatic carbocycles. The van der Waals surface area contributed by atoms with Crippen molar-refractivity contribution < 1.29 is 19.3 Å². The lowest BCUT2D eigenvalue weighted by atomic mass is 9.94. The van der Waals surface area contributed by atoms with E-state index < -0.39 is 5.60 Å². The third kappa shape index (κ3) is 4.40. The first kappa shape index (κ1) is 20.2. The minimum Gasteiger partial charge on any atom is -0.497 e. The molecule has 1 N–H and O–H groups in total. The van der Waals surface area contributed by atoms with E-state index in [0.29, 0.717) is 26.3 Å². The number of anilines is 1. The van der Waals surface area contributed by atoms with Crippen LogP contribution in [0, 0.1) is 0 Å². The molecular formula is C24H26N2O4. The predicted octanol–water partition coefficient (Wildman–Crippen LogP) is 3.52. The van der Waals surface area contributed by atoms with Crippen molar-refractivity contribution in [2.24, 2.45) is 0 Å². The average Bonchev–Trinajstić information content (AvgIpc) is 2.78. The summed E-state index contributed by atoms with van der Waals surface area (Å²) in [6, 6.07) is 20.0. The molecule has 0 bridgehead atoms. The van der Waals surface area contributed by atoms with Crippen LogP contribution in [0.5, 0.6) is 11.5 Å². The van der Waals surface area contributed by atoms with E-state index in [0.717, 1.165) is 34.0 Å². The Morgan fingerprint density at radius 1 is 0.867 bits per heavy atom. The van der Waals surface area contributed by atoms with E-state index in [2.05, 4.69) is 34.1 Å². The highest BCUT2D eigenvalue weighted by molar-refractivity contribution is 5.44. The fraction of sp³-hybridized carbons (Fsp3) is 0.292. The van der Waals surface area contributed by atoms with Crippen LogP contribution in [0.2, 0.25) is 0 Å².